The molecule has 3 aromatic carbocycles. The molecule has 0 atom stereocenters. The smallest absolute Gasteiger partial charge is 0.0730 e. The molecule has 108 valence electrons. The fraction of sp³-hybridized carbons (Fsp3) is 0. The summed E-state index contributed by atoms with van der Waals surface area (Å²) in [5.74, 6) is 0. The molecule has 0 bridgehead atoms. The van der Waals surface area contributed by atoms with Crippen molar-refractivity contribution in [3.8, 4) is 0 Å². The van der Waals surface area contributed by atoms with E-state index in [4.69, 9.17) is 4.98 Å². The van der Waals surface area contributed by atoms with Crippen LogP contribution in [-0.4, -0.2) is 4.98 Å². The monoisotopic (exact) mass is 306 g/mol. The molecule has 0 aliphatic carbocycles. The first-order valence-electron chi connectivity index (χ1n) is 7.01. The highest BCUT2D eigenvalue weighted by Crippen LogP contribution is 2.32. The molecular weight excluding hydrogens is 292 g/mol. The number of hydrogen-bond donors (Lipinski definition) is 1. The zero-order valence-corrected chi connectivity index (χ0v) is 12.7. The van der Waals surface area contributed by atoms with Crippen LogP contribution in [0.3, 0.4) is 0 Å². The number of rotatable bonds is 2. The fourth-order valence-corrected chi connectivity index (χ4v) is 2.64. The van der Waals surface area contributed by atoms with Gasteiger partial charge in [-0.2, -0.15) is 0 Å². The second-order valence-corrected chi connectivity index (χ2v) is 5.01. The van der Waals surface area contributed by atoms with Crippen LogP contribution in [0.15, 0.2) is 78.9 Å². The lowest BCUT2D eigenvalue weighted by molar-refractivity contribution is 1.48. The molecule has 1 N–H and O–H groups in total. The molecule has 0 unspecified atom stereocenters. The molecule has 0 saturated heterocycles. The molecule has 4 rings (SSSR count). The van der Waals surface area contributed by atoms with Crippen molar-refractivity contribution in [2.45, 2.75) is 0 Å². The van der Waals surface area contributed by atoms with E-state index in [1.807, 2.05) is 30.3 Å². The second-order valence-electron chi connectivity index (χ2n) is 5.01. The van der Waals surface area contributed by atoms with E-state index in [0.717, 1.165) is 33.2 Å². The Balaban J connectivity index is 0.00000144. The van der Waals surface area contributed by atoms with Gasteiger partial charge < -0.3 is 5.32 Å². The number of halogens is 1. The van der Waals surface area contributed by atoms with E-state index in [1.54, 1.807) is 0 Å². The summed E-state index contributed by atoms with van der Waals surface area (Å²) in [7, 11) is 0. The van der Waals surface area contributed by atoms with Crippen LogP contribution < -0.4 is 5.32 Å². The van der Waals surface area contributed by atoms with Crippen molar-refractivity contribution < 1.29 is 0 Å². The predicted molar refractivity (Wildman–Crippen MR) is 96.2 cm³/mol. The number of anilines is 2. The van der Waals surface area contributed by atoms with E-state index >= 15 is 0 Å². The summed E-state index contributed by atoms with van der Waals surface area (Å²) in [5.41, 5.74) is 4.21. The molecule has 4 aromatic rings. The lowest BCUT2D eigenvalue weighted by atomic mass is 10.1. The van der Waals surface area contributed by atoms with E-state index in [2.05, 4.69) is 53.8 Å². The second kappa shape index (κ2) is 6.04. The Morgan fingerprint density at radius 3 is 1.68 bits per heavy atom. The molecule has 0 saturated carbocycles. The van der Waals surface area contributed by atoms with E-state index in [0.29, 0.717) is 0 Å². The molecule has 0 radical (unpaired) electrons. The van der Waals surface area contributed by atoms with Crippen LogP contribution in [0.25, 0.3) is 21.8 Å². The molecule has 2 nitrogen and oxygen atoms in total. The number of para-hydroxylation sites is 3. The summed E-state index contributed by atoms with van der Waals surface area (Å²) in [5, 5.41) is 5.83. The van der Waals surface area contributed by atoms with Crippen molar-refractivity contribution >= 4 is 45.6 Å². The third-order valence-corrected chi connectivity index (χ3v) is 3.63. The highest BCUT2D eigenvalue weighted by Gasteiger charge is 2.08. The Morgan fingerprint density at radius 1 is 0.591 bits per heavy atom. The molecular formula is C19H15ClN2. The number of pyridine rings is 1. The largest absolute Gasteiger partial charge is 0.354 e. The van der Waals surface area contributed by atoms with Crippen molar-refractivity contribution in [2.24, 2.45) is 0 Å². The van der Waals surface area contributed by atoms with E-state index < -0.39 is 0 Å². The Labute approximate surface area is 135 Å². The maximum Gasteiger partial charge on any atom is 0.0730 e. The average molecular weight is 307 g/mol. The number of fused-ring (bicyclic) bond motifs is 2. The van der Waals surface area contributed by atoms with Gasteiger partial charge in [-0.25, -0.2) is 4.98 Å². The van der Waals surface area contributed by atoms with Crippen molar-refractivity contribution in [3.63, 3.8) is 0 Å². The van der Waals surface area contributed by atoms with Crippen molar-refractivity contribution in [3.05, 3.63) is 78.9 Å². The summed E-state index contributed by atoms with van der Waals surface area (Å²) in [4.78, 5) is 4.74. The van der Waals surface area contributed by atoms with Crippen LogP contribution in [0.4, 0.5) is 11.4 Å². The minimum atomic E-state index is 0. The van der Waals surface area contributed by atoms with E-state index in [-0.39, 0.29) is 12.4 Å². The van der Waals surface area contributed by atoms with Crippen LogP contribution in [0.1, 0.15) is 0 Å². The van der Waals surface area contributed by atoms with Crippen LogP contribution in [-0.2, 0) is 0 Å². The van der Waals surface area contributed by atoms with Crippen molar-refractivity contribution in [1.29, 1.82) is 0 Å². The number of aromatic nitrogens is 1. The zero-order valence-electron chi connectivity index (χ0n) is 11.9. The van der Waals surface area contributed by atoms with Crippen LogP contribution >= 0.6 is 12.4 Å². The molecule has 1 heterocycles. The highest BCUT2D eigenvalue weighted by atomic mass is 35.5. The van der Waals surface area contributed by atoms with Gasteiger partial charge in [0.25, 0.3) is 0 Å². The summed E-state index contributed by atoms with van der Waals surface area (Å²) in [6.45, 7) is 0. The Bertz CT molecular complexity index is 866. The molecule has 0 aliphatic rings. The van der Waals surface area contributed by atoms with Crippen LogP contribution in [0.2, 0.25) is 0 Å². The third-order valence-electron chi connectivity index (χ3n) is 3.63. The molecule has 3 heteroatoms. The minimum Gasteiger partial charge on any atom is -0.354 e. The lowest BCUT2D eigenvalue weighted by Gasteiger charge is -2.13. The first kappa shape index (κ1) is 14.4. The predicted octanol–water partition coefficient (Wildman–Crippen LogP) is 5.55. The SMILES string of the molecule is Cl.c1ccc(Nc2c3ccccc3nc3ccccc23)cc1. The van der Waals surface area contributed by atoms with E-state index in [1.165, 1.54) is 0 Å². The maximum atomic E-state index is 4.74. The minimum absolute atomic E-state index is 0. The van der Waals surface area contributed by atoms with Gasteiger partial charge in [0.1, 0.15) is 0 Å². The topological polar surface area (TPSA) is 24.9 Å². The fourth-order valence-electron chi connectivity index (χ4n) is 2.64. The van der Waals surface area contributed by atoms with Gasteiger partial charge in [0.15, 0.2) is 0 Å². The quantitative estimate of drug-likeness (QED) is 0.491. The van der Waals surface area contributed by atoms with Crippen molar-refractivity contribution in [2.75, 3.05) is 5.32 Å². The van der Waals surface area contributed by atoms with Gasteiger partial charge in [0, 0.05) is 16.5 Å². The average Bonchev–Trinajstić information content (AvgIpc) is 2.55. The highest BCUT2D eigenvalue weighted by molar-refractivity contribution is 6.08. The Hall–Kier alpha value is -2.58. The normalized spacial score (nSPS) is 10.4. The van der Waals surface area contributed by atoms with Crippen molar-refractivity contribution in [1.82, 2.24) is 4.98 Å². The molecule has 22 heavy (non-hydrogen) atoms. The number of benzene rings is 3. The maximum absolute atomic E-state index is 4.74. The summed E-state index contributed by atoms with van der Waals surface area (Å²) >= 11 is 0. The third kappa shape index (κ3) is 2.49. The van der Waals surface area contributed by atoms with Gasteiger partial charge in [-0.3, -0.25) is 0 Å². The van der Waals surface area contributed by atoms with Crippen LogP contribution in [0.5, 0.6) is 0 Å². The van der Waals surface area contributed by atoms with Gasteiger partial charge in [-0.15, -0.1) is 12.4 Å². The summed E-state index contributed by atoms with van der Waals surface area (Å²) in [6.07, 6.45) is 0. The Kier molecular flexibility index (Phi) is 3.94. The number of hydrogen-bond acceptors (Lipinski definition) is 2. The van der Waals surface area contributed by atoms with Gasteiger partial charge in [0.2, 0.25) is 0 Å². The molecule has 0 aliphatic heterocycles. The molecule has 0 spiro atoms. The van der Waals surface area contributed by atoms with Gasteiger partial charge in [0.05, 0.1) is 16.7 Å². The molecule has 0 fully saturated rings. The van der Waals surface area contributed by atoms with Gasteiger partial charge >= 0.3 is 0 Å². The first-order valence-corrected chi connectivity index (χ1v) is 7.01. The summed E-state index contributed by atoms with van der Waals surface area (Å²) in [6, 6.07) is 26.7. The molecule has 0 amide bonds. The molecule has 1 aromatic heterocycles. The van der Waals surface area contributed by atoms with Gasteiger partial charge in [-0.05, 0) is 24.3 Å². The van der Waals surface area contributed by atoms with E-state index in [9.17, 15) is 0 Å². The Morgan fingerprint density at radius 2 is 1.09 bits per heavy atom. The summed E-state index contributed by atoms with van der Waals surface area (Å²) < 4.78 is 0. The lowest BCUT2D eigenvalue weighted by Crippen LogP contribution is -1.94. The van der Waals surface area contributed by atoms with Crippen LogP contribution in [0, 0.1) is 0 Å². The number of nitrogens with one attached hydrogen (secondary N) is 1. The van der Waals surface area contributed by atoms with Gasteiger partial charge in [-0.1, -0.05) is 54.6 Å². The number of nitrogens with zero attached hydrogens (tertiary/aromatic N) is 1. The standard InChI is InChI=1S/C19H14N2.ClH/c1-2-8-14(9-3-1)20-19-15-10-4-6-12-17(15)21-18-13-7-5-11-16(18)19;/h1-13H,(H,20,21);1H. The first-order chi connectivity index (χ1) is 10.4. The zero-order chi connectivity index (χ0) is 14.1.